The fraction of sp³-hybridized carbons (Fsp3) is 0.444. The van der Waals surface area contributed by atoms with Gasteiger partial charge >= 0.3 is 11.7 Å². The lowest BCUT2D eigenvalue weighted by Gasteiger charge is -2.06. The Balaban J connectivity index is 3.48. The average molecular weight is 196 g/mol. The second kappa shape index (κ2) is 4.04. The highest BCUT2D eigenvalue weighted by Crippen LogP contribution is 2.09. The van der Waals surface area contributed by atoms with Crippen LogP contribution in [0, 0.1) is 0 Å². The first-order chi connectivity index (χ1) is 6.60. The van der Waals surface area contributed by atoms with Gasteiger partial charge < -0.3 is 10.1 Å². The summed E-state index contributed by atoms with van der Waals surface area (Å²) in [6, 6.07) is 0. The van der Waals surface area contributed by atoms with Gasteiger partial charge in [-0.1, -0.05) is 13.8 Å². The summed E-state index contributed by atoms with van der Waals surface area (Å²) in [5.41, 5.74) is 0.436. The quantitative estimate of drug-likeness (QED) is 0.741. The molecule has 0 unspecified atom stereocenters. The van der Waals surface area contributed by atoms with Crippen molar-refractivity contribution in [2.24, 2.45) is 0 Å². The number of carbonyl (C=O) groups is 1. The Labute approximate surface area is 80.8 Å². The van der Waals surface area contributed by atoms with Gasteiger partial charge in [0, 0.05) is 5.69 Å². The number of aromatic nitrogens is 2. The van der Waals surface area contributed by atoms with Gasteiger partial charge in [-0.05, 0) is 12.8 Å². The van der Waals surface area contributed by atoms with Crippen molar-refractivity contribution in [3.05, 3.63) is 27.4 Å². The molecule has 5 nitrogen and oxygen atoms in total. The first-order valence-corrected chi connectivity index (χ1v) is 4.45. The normalized spacial score (nSPS) is 10.1. The number of hydrogen-bond acceptors (Lipinski definition) is 3. The average Bonchev–Trinajstić information content (AvgIpc) is 2.15. The molecule has 0 aliphatic heterocycles. The summed E-state index contributed by atoms with van der Waals surface area (Å²) in [4.78, 5) is 28.0. The summed E-state index contributed by atoms with van der Waals surface area (Å²) in [7, 11) is 0. The minimum atomic E-state index is -1.04. The summed E-state index contributed by atoms with van der Waals surface area (Å²) in [5.74, 6) is -1.04. The first kappa shape index (κ1) is 10.4. The number of nitrogens with zero attached hydrogens (tertiary/aromatic N) is 1. The van der Waals surface area contributed by atoms with Gasteiger partial charge in [0.05, 0.1) is 5.69 Å². The lowest BCUT2D eigenvalue weighted by Crippen LogP contribution is -2.21. The molecule has 0 amide bonds. The van der Waals surface area contributed by atoms with E-state index in [-0.39, 0.29) is 5.56 Å². The molecule has 0 fully saturated rings. The molecular weight excluding hydrogens is 184 g/mol. The van der Waals surface area contributed by atoms with Gasteiger partial charge in [0.1, 0.15) is 5.56 Å². The SMILES string of the molecule is CCc1nc(=O)[nH]c(CC)c1C(=O)O. The Morgan fingerprint density at radius 2 is 2.07 bits per heavy atom. The minimum absolute atomic E-state index is 0.134. The van der Waals surface area contributed by atoms with Crippen LogP contribution in [0.25, 0.3) is 0 Å². The predicted molar refractivity (Wildman–Crippen MR) is 50.6 cm³/mol. The third-order valence-electron chi connectivity index (χ3n) is 1.99. The van der Waals surface area contributed by atoms with Crippen LogP contribution in [0.1, 0.15) is 35.6 Å². The third kappa shape index (κ3) is 1.81. The van der Waals surface area contributed by atoms with Crippen molar-refractivity contribution in [3.8, 4) is 0 Å². The molecular formula is C9H12N2O3. The van der Waals surface area contributed by atoms with Gasteiger partial charge in [0.15, 0.2) is 0 Å². The smallest absolute Gasteiger partial charge is 0.345 e. The van der Waals surface area contributed by atoms with Crippen molar-refractivity contribution in [3.63, 3.8) is 0 Å². The summed E-state index contributed by atoms with van der Waals surface area (Å²) in [6.45, 7) is 3.56. The van der Waals surface area contributed by atoms with Gasteiger partial charge in [-0.15, -0.1) is 0 Å². The van der Waals surface area contributed by atoms with Crippen LogP contribution in [0.5, 0.6) is 0 Å². The van der Waals surface area contributed by atoms with E-state index in [1.807, 2.05) is 0 Å². The van der Waals surface area contributed by atoms with Crippen LogP contribution in [0.15, 0.2) is 4.79 Å². The molecule has 0 bridgehead atoms. The van der Waals surface area contributed by atoms with Crippen molar-refractivity contribution in [2.45, 2.75) is 26.7 Å². The Hall–Kier alpha value is -1.65. The van der Waals surface area contributed by atoms with Crippen molar-refractivity contribution < 1.29 is 9.90 Å². The van der Waals surface area contributed by atoms with Gasteiger partial charge in [0.2, 0.25) is 0 Å². The number of aryl methyl sites for hydroxylation is 2. The molecule has 5 heteroatoms. The van der Waals surface area contributed by atoms with E-state index >= 15 is 0 Å². The number of aromatic amines is 1. The Bertz CT molecular complexity index is 381. The van der Waals surface area contributed by atoms with Crippen LogP contribution >= 0.6 is 0 Å². The fourth-order valence-electron chi connectivity index (χ4n) is 1.35. The number of H-pyrrole nitrogens is 1. The number of nitrogens with one attached hydrogen (secondary N) is 1. The van der Waals surface area contributed by atoms with E-state index in [1.54, 1.807) is 13.8 Å². The summed E-state index contributed by atoms with van der Waals surface area (Å²) in [6.07, 6.45) is 0.922. The van der Waals surface area contributed by atoms with Crippen molar-refractivity contribution >= 4 is 5.97 Å². The Kier molecular flexibility index (Phi) is 3.01. The van der Waals surface area contributed by atoms with Gasteiger partial charge in [-0.3, -0.25) is 0 Å². The molecule has 1 aromatic heterocycles. The van der Waals surface area contributed by atoms with E-state index in [0.717, 1.165) is 0 Å². The maximum Gasteiger partial charge on any atom is 0.345 e. The van der Waals surface area contributed by atoms with Crippen LogP contribution in [-0.2, 0) is 12.8 Å². The van der Waals surface area contributed by atoms with Crippen LogP contribution < -0.4 is 5.69 Å². The number of rotatable bonds is 3. The zero-order valence-corrected chi connectivity index (χ0v) is 8.13. The van der Waals surface area contributed by atoms with Crippen molar-refractivity contribution in [1.29, 1.82) is 0 Å². The second-order valence-corrected chi connectivity index (χ2v) is 2.85. The van der Waals surface area contributed by atoms with E-state index < -0.39 is 11.7 Å². The maximum atomic E-state index is 11.0. The van der Waals surface area contributed by atoms with Gasteiger partial charge in [-0.2, -0.15) is 4.98 Å². The number of carboxylic acids is 1. The van der Waals surface area contributed by atoms with Gasteiger partial charge in [-0.25, -0.2) is 9.59 Å². The molecule has 0 saturated heterocycles. The Morgan fingerprint density at radius 3 is 2.50 bits per heavy atom. The molecule has 1 aromatic rings. The van der Waals surface area contributed by atoms with E-state index in [0.29, 0.717) is 24.2 Å². The van der Waals surface area contributed by atoms with Crippen LogP contribution in [-0.4, -0.2) is 21.0 Å². The lowest BCUT2D eigenvalue weighted by molar-refractivity contribution is 0.0693. The van der Waals surface area contributed by atoms with E-state index in [9.17, 15) is 9.59 Å². The van der Waals surface area contributed by atoms with E-state index in [4.69, 9.17) is 5.11 Å². The molecule has 76 valence electrons. The summed E-state index contributed by atoms with van der Waals surface area (Å²) < 4.78 is 0. The molecule has 0 aliphatic carbocycles. The molecule has 1 heterocycles. The van der Waals surface area contributed by atoms with Crippen molar-refractivity contribution in [1.82, 2.24) is 9.97 Å². The topological polar surface area (TPSA) is 83.0 Å². The highest BCUT2D eigenvalue weighted by atomic mass is 16.4. The molecule has 0 atom stereocenters. The zero-order chi connectivity index (χ0) is 10.7. The Morgan fingerprint density at radius 1 is 1.43 bits per heavy atom. The molecule has 0 radical (unpaired) electrons. The minimum Gasteiger partial charge on any atom is -0.478 e. The third-order valence-corrected chi connectivity index (χ3v) is 1.99. The molecule has 0 aliphatic rings. The van der Waals surface area contributed by atoms with Crippen molar-refractivity contribution in [2.75, 3.05) is 0 Å². The lowest BCUT2D eigenvalue weighted by atomic mass is 10.1. The van der Waals surface area contributed by atoms with E-state index in [1.165, 1.54) is 0 Å². The van der Waals surface area contributed by atoms with E-state index in [2.05, 4.69) is 9.97 Å². The maximum absolute atomic E-state index is 11.0. The monoisotopic (exact) mass is 196 g/mol. The predicted octanol–water partition coefficient (Wildman–Crippen LogP) is 0.593. The molecule has 0 saturated carbocycles. The van der Waals surface area contributed by atoms with Crippen LogP contribution in [0.4, 0.5) is 0 Å². The molecule has 14 heavy (non-hydrogen) atoms. The molecule has 2 N–H and O–H groups in total. The number of aromatic carboxylic acids is 1. The second-order valence-electron chi connectivity index (χ2n) is 2.85. The highest BCUT2D eigenvalue weighted by molar-refractivity contribution is 5.90. The fourth-order valence-corrected chi connectivity index (χ4v) is 1.35. The molecule has 0 spiro atoms. The standard InChI is InChI=1S/C9H12N2O3/c1-3-5-7(8(12)13)6(4-2)11-9(14)10-5/h3-4H2,1-2H3,(H,12,13)(H,10,11,14). The number of hydrogen-bond donors (Lipinski definition) is 2. The summed E-state index contributed by atoms with van der Waals surface area (Å²) in [5, 5.41) is 8.94. The van der Waals surface area contributed by atoms with Gasteiger partial charge in [0.25, 0.3) is 0 Å². The number of carboxylic acid groups (broad SMARTS) is 1. The van der Waals surface area contributed by atoms with Crippen LogP contribution in [0.3, 0.4) is 0 Å². The van der Waals surface area contributed by atoms with Crippen LogP contribution in [0.2, 0.25) is 0 Å². The largest absolute Gasteiger partial charge is 0.478 e. The zero-order valence-electron chi connectivity index (χ0n) is 8.13. The molecule has 1 rings (SSSR count). The molecule has 0 aromatic carbocycles. The first-order valence-electron chi connectivity index (χ1n) is 4.45. The highest BCUT2D eigenvalue weighted by Gasteiger charge is 2.16. The summed E-state index contributed by atoms with van der Waals surface area (Å²) >= 11 is 0.